The van der Waals surface area contributed by atoms with E-state index in [0.29, 0.717) is 5.91 Å². The van der Waals surface area contributed by atoms with Crippen molar-refractivity contribution in [1.82, 2.24) is 4.90 Å². The number of hydrogen-bond donors (Lipinski definition) is 0. The molecule has 0 aromatic rings. The van der Waals surface area contributed by atoms with E-state index in [-0.39, 0.29) is 5.54 Å². The van der Waals surface area contributed by atoms with E-state index in [4.69, 9.17) is 0 Å². The summed E-state index contributed by atoms with van der Waals surface area (Å²) in [5.74, 6) is 0.371. The molecule has 0 spiro atoms. The predicted octanol–water partition coefficient (Wildman–Crippen LogP) is 7.26. The van der Waals surface area contributed by atoms with Gasteiger partial charge in [0.05, 0.1) is 0 Å². The first-order valence-corrected chi connectivity index (χ1v) is 11.4. The van der Waals surface area contributed by atoms with Gasteiger partial charge in [-0.3, -0.25) is 4.79 Å². The van der Waals surface area contributed by atoms with Crippen LogP contribution in [0.15, 0.2) is 0 Å². The van der Waals surface area contributed by atoms with Crippen molar-refractivity contribution >= 4 is 5.91 Å². The minimum atomic E-state index is 0.0741. The number of rotatable bonds is 16. The molecule has 148 valence electrons. The van der Waals surface area contributed by atoms with Gasteiger partial charge < -0.3 is 4.90 Å². The first kappa shape index (κ1) is 22.5. The average Bonchev–Trinajstić information content (AvgIpc) is 3.02. The third-order valence-corrected chi connectivity index (χ3v) is 5.95. The highest BCUT2D eigenvalue weighted by molar-refractivity contribution is 5.78. The highest BCUT2D eigenvalue weighted by atomic mass is 16.2. The standard InChI is InChI=1S/C23H45NO/c1-4-5-6-7-8-9-10-11-12-13-14-15-16-17-20-23(2,3)24-21-18-19-22(24)25/h4-21H2,1-3H3. The molecule has 0 N–H and O–H groups in total. The van der Waals surface area contributed by atoms with Crippen LogP contribution in [0.3, 0.4) is 0 Å². The fraction of sp³-hybridized carbons (Fsp3) is 0.957. The Hall–Kier alpha value is -0.530. The van der Waals surface area contributed by atoms with Gasteiger partial charge >= 0.3 is 0 Å². The first-order valence-electron chi connectivity index (χ1n) is 11.4. The first-order chi connectivity index (χ1) is 12.1. The van der Waals surface area contributed by atoms with Crippen molar-refractivity contribution in [1.29, 1.82) is 0 Å². The summed E-state index contributed by atoms with van der Waals surface area (Å²) in [6.45, 7) is 7.76. The Morgan fingerprint density at radius 1 is 0.760 bits per heavy atom. The third-order valence-electron chi connectivity index (χ3n) is 5.95. The molecule has 0 unspecified atom stereocenters. The molecule has 1 aliphatic rings. The second-order valence-electron chi connectivity index (χ2n) is 8.81. The van der Waals surface area contributed by atoms with E-state index in [2.05, 4.69) is 25.7 Å². The summed E-state index contributed by atoms with van der Waals surface area (Å²) in [5, 5.41) is 0. The van der Waals surface area contributed by atoms with Crippen LogP contribution in [-0.4, -0.2) is 22.9 Å². The number of hydrogen-bond acceptors (Lipinski definition) is 1. The van der Waals surface area contributed by atoms with E-state index in [1.165, 1.54) is 89.9 Å². The largest absolute Gasteiger partial charge is 0.338 e. The molecule has 1 fully saturated rings. The molecular weight excluding hydrogens is 306 g/mol. The Morgan fingerprint density at radius 2 is 1.20 bits per heavy atom. The Morgan fingerprint density at radius 3 is 1.60 bits per heavy atom. The topological polar surface area (TPSA) is 20.3 Å². The minimum absolute atomic E-state index is 0.0741. The summed E-state index contributed by atoms with van der Waals surface area (Å²) in [7, 11) is 0. The van der Waals surface area contributed by atoms with Crippen LogP contribution in [0.4, 0.5) is 0 Å². The molecule has 1 aliphatic heterocycles. The summed E-state index contributed by atoms with van der Waals surface area (Å²) in [6.07, 6.45) is 22.7. The van der Waals surface area contributed by atoms with E-state index >= 15 is 0 Å². The van der Waals surface area contributed by atoms with E-state index in [1.54, 1.807) is 0 Å². The molecule has 0 saturated carbocycles. The fourth-order valence-corrected chi connectivity index (χ4v) is 4.18. The van der Waals surface area contributed by atoms with Crippen LogP contribution in [0.1, 0.15) is 130 Å². The molecule has 2 nitrogen and oxygen atoms in total. The van der Waals surface area contributed by atoms with Crippen LogP contribution in [0.5, 0.6) is 0 Å². The zero-order valence-electron chi connectivity index (χ0n) is 17.6. The van der Waals surface area contributed by atoms with Gasteiger partial charge in [0.2, 0.25) is 5.91 Å². The maximum atomic E-state index is 11.9. The maximum absolute atomic E-state index is 11.9. The number of unbranched alkanes of at least 4 members (excludes halogenated alkanes) is 13. The van der Waals surface area contributed by atoms with Crippen LogP contribution in [0, 0.1) is 0 Å². The smallest absolute Gasteiger partial charge is 0.223 e. The van der Waals surface area contributed by atoms with Gasteiger partial charge in [-0.25, -0.2) is 0 Å². The van der Waals surface area contributed by atoms with Gasteiger partial charge in [-0.15, -0.1) is 0 Å². The Kier molecular flexibility index (Phi) is 12.3. The molecule has 1 amide bonds. The van der Waals surface area contributed by atoms with Crippen molar-refractivity contribution in [2.75, 3.05) is 6.54 Å². The molecule has 25 heavy (non-hydrogen) atoms. The van der Waals surface area contributed by atoms with Gasteiger partial charge in [0.25, 0.3) is 0 Å². The zero-order valence-corrected chi connectivity index (χ0v) is 17.6. The molecule has 0 bridgehead atoms. The number of carbonyl (C=O) groups is 1. The van der Waals surface area contributed by atoms with Crippen molar-refractivity contribution in [2.24, 2.45) is 0 Å². The Labute approximate surface area is 158 Å². The summed E-state index contributed by atoms with van der Waals surface area (Å²) in [6, 6.07) is 0. The van der Waals surface area contributed by atoms with Crippen molar-refractivity contribution in [3.05, 3.63) is 0 Å². The summed E-state index contributed by atoms with van der Waals surface area (Å²) in [5.41, 5.74) is 0.0741. The molecule has 1 heterocycles. The van der Waals surface area contributed by atoms with Gasteiger partial charge in [-0.2, -0.15) is 0 Å². The molecule has 0 aliphatic carbocycles. The van der Waals surface area contributed by atoms with Gasteiger partial charge in [-0.1, -0.05) is 96.8 Å². The quantitative estimate of drug-likeness (QED) is 0.268. The van der Waals surface area contributed by atoms with Gasteiger partial charge in [0.1, 0.15) is 0 Å². The third kappa shape index (κ3) is 10.3. The summed E-state index contributed by atoms with van der Waals surface area (Å²) < 4.78 is 0. The number of likely N-dealkylation sites (tertiary alicyclic amines) is 1. The summed E-state index contributed by atoms with van der Waals surface area (Å²) in [4.78, 5) is 14.0. The van der Waals surface area contributed by atoms with E-state index < -0.39 is 0 Å². The maximum Gasteiger partial charge on any atom is 0.223 e. The highest BCUT2D eigenvalue weighted by Gasteiger charge is 2.33. The lowest BCUT2D eigenvalue weighted by molar-refractivity contribution is -0.132. The molecule has 1 rings (SSSR count). The fourth-order valence-electron chi connectivity index (χ4n) is 4.18. The van der Waals surface area contributed by atoms with E-state index in [9.17, 15) is 4.79 Å². The Bertz CT molecular complexity index is 337. The van der Waals surface area contributed by atoms with Crippen molar-refractivity contribution in [2.45, 2.75) is 135 Å². The van der Waals surface area contributed by atoms with Crippen LogP contribution < -0.4 is 0 Å². The summed E-state index contributed by atoms with van der Waals surface area (Å²) >= 11 is 0. The molecule has 0 aromatic carbocycles. The molecule has 1 saturated heterocycles. The number of amides is 1. The minimum Gasteiger partial charge on any atom is -0.338 e. The van der Waals surface area contributed by atoms with Crippen LogP contribution in [-0.2, 0) is 4.79 Å². The van der Waals surface area contributed by atoms with Crippen LogP contribution in [0.25, 0.3) is 0 Å². The van der Waals surface area contributed by atoms with Crippen LogP contribution >= 0.6 is 0 Å². The van der Waals surface area contributed by atoms with E-state index in [1.807, 2.05) is 0 Å². The van der Waals surface area contributed by atoms with Gasteiger partial charge in [0, 0.05) is 18.5 Å². The Balaban J connectivity index is 1.85. The van der Waals surface area contributed by atoms with Gasteiger partial charge in [-0.05, 0) is 26.7 Å². The van der Waals surface area contributed by atoms with Gasteiger partial charge in [0.15, 0.2) is 0 Å². The lowest BCUT2D eigenvalue weighted by Gasteiger charge is -2.35. The van der Waals surface area contributed by atoms with Crippen molar-refractivity contribution in [3.63, 3.8) is 0 Å². The van der Waals surface area contributed by atoms with Crippen molar-refractivity contribution < 1.29 is 4.79 Å². The normalized spacial score (nSPS) is 15.3. The SMILES string of the molecule is CCCCCCCCCCCCCCCCC(C)(C)N1CCCC1=O. The number of carbonyl (C=O) groups excluding carboxylic acids is 1. The van der Waals surface area contributed by atoms with Crippen molar-refractivity contribution in [3.8, 4) is 0 Å². The highest BCUT2D eigenvalue weighted by Crippen LogP contribution is 2.27. The predicted molar refractivity (Wildman–Crippen MR) is 110 cm³/mol. The molecule has 0 atom stereocenters. The zero-order chi connectivity index (χ0) is 18.4. The van der Waals surface area contributed by atoms with Crippen LogP contribution in [0.2, 0.25) is 0 Å². The number of nitrogens with zero attached hydrogens (tertiary/aromatic N) is 1. The second kappa shape index (κ2) is 13.6. The lowest BCUT2D eigenvalue weighted by atomic mass is 9.94. The second-order valence-corrected chi connectivity index (χ2v) is 8.81. The monoisotopic (exact) mass is 351 g/mol. The molecule has 0 radical (unpaired) electrons. The molecular formula is C23H45NO. The lowest BCUT2D eigenvalue weighted by Crippen LogP contribution is -2.44. The van der Waals surface area contributed by atoms with E-state index in [0.717, 1.165) is 25.8 Å². The molecule has 2 heteroatoms. The average molecular weight is 352 g/mol. The molecule has 0 aromatic heterocycles.